The Balaban J connectivity index is 1.26. The zero-order valence-electron chi connectivity index (χ0n) is 16.5. The second kappa shape index (κ2) is 11.2. The minimum atomic E-state index is -0.239. The van der Waals surface area contributed by atoms with Gasteiger partial charge in [-0.15, -0.1) is 10.2 Å². The van der Waals surface area contributed by atoms with Crippen molar-refractivity contribution in [1.82, 2.24) is 15.6 Å². The van der Waals surface area contributed by atoms with E-state index in [1.165, 1.54) is 45.6 Å². The first-order chi connectivity index (χ1) is 15.6. The molecule has 4 rings (SSSR count). The molecular weight excluding hydrogens is 503 g/mol. The van der Waals surface area contributed by atoms with Crippen LogP contribution in [0.25, 0.3) is 10.8 Å². The van der Waals surface area contributed by atoms with Crippen LogP contribution in [0.2, 0.25) is 10.0 Å². The van der Waals surface area contributed by atoms with Gasteiger partial charge < -0.3 is 0 Å². The molecule has 3 aromatic carbocycles. The van der Waals surface area contributed by atoms with Crippen LogP contribution in [0.4, 0.5) is 0 Å². The lowest BCUT2D eigenvalue weighted by Gasteiger charge is -2.04. The highest BCUT2D eigenvalue weighted by molar-refractivity contribution is 8.03. The van der Waals surface area contributed by atoms with E-state index in [1.54, 1.807) is 30.0 Å². The molecule has 1 amide bonds. The van der Waals surface area contributed by atoms with E-state index < -0.39 is 0 Å². The van der Waals surface area contributed by atoms with Gasteiger partial charge in [-0.1, -0.05) is 107 Å². The Labute approximate surface area is 207 Å². The summed E-state index contributed by atoms with van der Waals surface area (Å²) in [4.78, 5) is 12.0. The minimum Gasteiger partial charge on any atom is -0.272 e. The van der Waals surface area contributed by atoms with E-state index in [0.29, 0.717) is 15.6 Å². The van der Waals surface area contributed by atoms with Gasteiger partial charge in [-0.25, -0.2) is 5.43 Å². The molecule has 10 heteroatoms. The van der Waals surface area contributed by atoms with E-state index >= 15 is 0 Å². The van der Waals surface area contributed by atoms with Crippen molar-refractivity contribution in [2.24, 2.45) is 5.10 Å². The molecular formula is C22H16Cl2N4OS3. The average molecular weight is 520 g/mol. The molecule has 162 valence electrons. The lowest BCUT2D eigenvalue weighted by atomic mass is 10.1. The monoisotopic (exact) mass is 518 g/mol. The number of amides is 1. The number of hydrazone groups is 1. The standard InChI is InChI=1S/C22H16Cl2N4OS3/c23-17-9-8-15(19(24)10-17)11-25-26-20(29)13-31-22-28-27-21(32-22)30-12-16-6-3-5-14-4-1-2-7-18(14)16/h1-11H,12-13H2,(H,26,29). The molecule has 0 aliphatic carbocycles. The number of carbonyl (C=O) groups is 1. The number of rotatable bonds is 8. The summed E-state index contributed by atoms with van der Waals surface area (Å²) in [5.41, 5.74) is 4.41. The molecule has 0 aliphatic rings. The molecule has 32 heavy (non-hydrogen) atoms. The van der Waals surface area contributed by atoms with Crippen LogP contribution in [0.15, 0.2) is 74.4 Å². The van der Waals surface area contributed by atoms with Gasteiger partial charge >= 0.3 is 0 Å². The third kappa shape index (κ3) is 6.24. The fourth-order valence-corrected chi connectivity index (χ4v) is 6.08. The molecule has 0 fully saturated rings. The predicted octanol–water partition coefficient (Wildman–Crippen LogP) is 6.53. The van der Waals surface area contributed by atoms with Gasteiger partial charge in [0.05, 0.1) is 17.0 Å². The van der Waals surface area contributed by atoms with Crippen molar-refractivity contribution in [3.8, 4) is 0 Å². The number of halogens is 2. The van der Waals surface area contributed by atoms with E-state index in [9.17, 15) is 4.79 Å². The number of hydrogen-bond donors (Lipinski definition) is 1. The van der Waals surface area contributed by atoms with Crippen LogP contribution in [0.1, 0.15) is 11.1 Å². The zero-order valence-corrected chi connectivity index (χ0v) is 20.5. The molecule has 1 N–H and O–H groups in total. The van der Waals surface area contributed by atoms with Gasteiger partial charge in [-0.2, -0.15) is 5.10 Å². The van der Waals surface area contributed by atoms with Gasteiger partial charge in [0.15, 0.2) is 8.68 Å². The highest BCUT2D eigenvalue weighted by Gasteiger charge is 2.09. The van der Waals surface area contributed by atoms with Crippen molar-refractivity contribution in [2.75, 3.05) is 5.75 Å². The molecule has 0 atom stereocenters. The van der Waals surface area contributed by atoms with Crippen LogP contribution in [0.5, 0.6) is 0 Å². The van der Waals surface area contributed by atoms with Crippen LogP contribution in [-0.2, 0) is 10.5 Å². The molecule has 1 heterocycles. The van der Waals surface area contributed by atoms with E-state index in [-0.39, 0.29) is 11.7 Å². The molecule has 5 nitrogen and oxygen atoms in total. The summed E-state index contributed by atoms with van der Waals surface area (Å²) in [6.45, 7) is 0. The Morgan fingerprint density at radius 2 is 1.81 bits per heavy atom. The van der Waals surface area contributed by atoms with Crippen molar-refractivity contribution in [3.05, 3.63) is 81.8 Å². The second-order valence-electron chi connectivity index (χ2n) is 6.51. The molecule has 0 bridgehead atoms. The maximum absolute atomic E-state index is 12.0. The number of hydrogen-bond acceptors (Lipinski definition) is 7. The third-order valence-electron chi connectivity index (χ3n) is 4.30. The fraction of sp³-hybridized carbons (Fsp3) is 0.0909. The predicted molar refractivity (Wildman–Crippen MR) is 136 cm³/mol. The largest absolute Gasteiger partial charge is 0.272 e. The minimum absolute atomic E-state index is 0.189. The van der Waals surface area contributed by atoms with Crippen molar-refractivity contribution in [2.45, 2.75) is 14.4 Å². The number of nitrogens with zero attached hydrogens (tertiary/aromatic N) is 3. The number of carbonyl (C=O) groups excluding carboxylic acids is 1. The molecule has 0 saturated heterocycles. The van der Waals surface area contributed by atoms with Gasteiger partial charge in [-0.05, 0) is 28.5 Å². The van der Waals surface area contributed by atoms with Crippen molar-refractivity contribution < 1.29 is 4.79 Å². The normalized spacial score (nSPS) is 11.3. The maximum atomic E-state index is 12.0. The van der Waals surface area contributed by atoms with Crippen molar-refractivity contribution in [1.29, 1.82) is 0 Å². The smallest absolute Gasteiger partial charge is 0.250 e. The van der Waals surface area contributed by atoms with Crippen LogP contribution in [0, 0.1) is 0 Å². The van der Waals surface area contributed by atoms with Gasteiger partial charge in [0.25, 0.3) is 5.91 Å². The Morgan fingerprint density at radius 3 is 2.66 bits per heavy atom. The van der Waals surface area contributed by atoms with Crippen molar-refractivity contribution >= 4 is 81.0 Å². The first kappa shape index (κ1) is 23.1. The average Bonchev–Trinajstić information content (AvgIpc) is 3.25. The molecule has 1 aromatic heterocycles. The Morgan fingerprint density at radius 1 is 1.03 bits per heavy atom. The lowest BCUT2D eigenvalue weighted by Crippen LogP contribution is -2.19. The zero-order chi connectivity index (χ0) is 22.3. The number of aromatic nitrogens is 2. The van der Waals surface area contributed by atoms with Crippen LogP contribution < -0.4 is 5.43 Å². The quantitative estimate of drug-likeness (QED) is 0.163. The van der Waals surface area contributed by atoms with Gasteiger partial charge in [-0.3, -0.25) is 4.79 Å². The van der Waals surface area contributed by atoms with Crippen LogP contribution >= 0.6 is 58.1 Å². The second-order valence-corrected chi connectivity index (χ2v) is 10.8. The number of fused-ring (bicyclic) bond motifs is 1. The molecule has 0 spiro atoms. The summed E-state index contributed by atoms with van der Waals surface area (Å²) < 4.78 is 1.61. The van der Waals surface area contributed by atoms with E-state index in [4.69, 9.17) is 23.2 Å². The van der Waals surface area contributed by atoms with E-state index in [0.717, 1.165) is 14.4 Å². The summed E-state index contributed by atoms with van der Waals surface area (Å²) in [6, 6.07) is 19.7. The highest BCUT2D eigenvalue weighted by Crippen LogP contribution is 2.32. The van der Waals surface area contributed by atoms with Crippen molar-refractivity contribution in [3.63, 3.8) is 0 Å². The summed E-state index contributed by atoms with van der Waals surface area (Å²) in [5.74, 6) is 0.758. The molecule has 0 unspecified atom stereocenters. The number of benzene rings is 3. The van der Waals surface area contributed by atoms with E-state index in [1.807, 2.05) is 6.07 Å². The Kier molecular flexibility index (Phi) is 8.05. The molecule has 0 radical (unpaired) electrons. The van der Waals surface area contributed by atoms with Gasteiger partial charge in [0.1, 0.15) is 0 Å². The number of thioether (sulfide) groups is 2. The fourth-order valence-electron chi connectivity index (χ4n) is 2.81. The Bertz CT molecular complexity index is 1270. The number of nitrogens with one attached hydrogen (secondary N) is 1. The molecule has 0 saturated carbocycles. The van der Waals surface area contributed by atoms with E-state index in [2.05, 4.69) is 57.1 Å². The maximum Gasteiger partial charge on any atom is 0.250 e. The van der Waals surface area contributed by atoms with Gasteiger partial charge in [0, 0.05) is 16.3 Å². The summed E-state index contributed by atoms with van der Waals surface area (Å²) in [6.07, 6.45) is 1.48. The SMILES string of the molecule is O=C(CSc1nnc(SCc2cccc3ccccc23)s1)NN=Cc1ccc(Cl)cc1Cl. The summed E-state index contributed by atoms with van der Waals surface area (Å²) in [5, 5.41) is 15.8. The summed E-state index contributed by atoms with van der Waals surface area (Å²) >= 11 is 16.4. The topological polar surface area (TPSA) is 67.2 Å². The van der Waals surface area contributed by atoms with Crippen LogP contribution in [0.3, 0.4) is 0 Å². The van der Waals surface area contributed by atoms with Gasteiger partial charge in [0.2, 0.25) is 0 Å². The summed E-state index contributed by atoms with van der Waals surface area (Å²) in [7, 11) is 0. The molecule has 0 aliphatic heterocycles. The molecule has 4 aromatic rings. The first-order valence-electron chi connectivity index (χ1n) is 9.41. The Hall–Kier alpha value is -2.10. The third-order valence-corrected chi connectivity index (χ3v) is 8.10. The van der Waals surface area contributed by atoms with Crippen LogP contribution in [-0.4, -0.2) is 28.1 Å². The highest BCUT2D eigenvalue weighted by atomic mass is 35.5. The lowest BCUT2D eigenvalue weighted by molar-refractivity contribution is -0.118. The first-order valence-corrected chi connectivity index (χ1v) is 13.0.